The predicted molar refractivity (Wildman–Crippen MR) is 138 cm³/mol. The van der Waals surface area contributed by atoms with E-state index >= 15 is 4.39 Å². The quantitative estimate of drug-likeness (QED) is 0.313. The number of likely N-dealkylation sites (tertiary alicyclic amines) is 1. The average molecular weight is 515 g/mol. The van der Waals surface area contributed by atoms with E-state index in [0.717, 1.165) is 36.5 Å². The van der Waals surface area contributed by atoms with Gasteiger partial charge in [-0.3, -0.25) is 25.0 Å². The van der Waals surface area contributed by atoms with Crippen molar-refractivity contribution in [3.63, 3.8) is 0 Å². The van der Waals surface area contributed by atoms with Crippen LogP contribution in [0.25, 0.3) is 55.2 Å². The summed E-state index contributed by atoms with van der Waals surface area (Å²) in [5.74, 6) is -0.120. The molecule has 0 unspecified atom stereocenters. The van der Waals surface area contributed by atoms with Crippen molar-refractivity contribution in [1.82, 2.24) is 40.0 Å². The van der Waals surface area contributed by atoms with Gasteiger partial charge in [0.05, 0.1) is 28.8 Å². The Balaban J connectivity index is 1.31. The third-order valence-corrected chi connectivity index (χ3v) is 7.58. The lowest BCUT2D eigenvalue weighted by molar-refractivity contribution is 0.331. The Labute approximate surface area is 213 Å². The van der Waals surface area contributed by atoms with Gasteiger partial charge in [0.2, 0.25) is 0 Å². The highest BCUT2D eigenvalue weighted by atomic mass is 32.1. The first kappa shape index (κ1) is 22.1. The molecule has 7 heterocycles. The molecule has 6 aromatic rings. The fraction of sp³-hybridized carbons (Fsp3) is 0.192. The third kappa shape index (κ3) is 3.87. The molecule has 6 aromatic heterocycles. The normalized spacial score (nSPS) is 14.3. The van der Waals surface area contributed by atoms with E-state index in [4.69, 9.17) is 4.98 Å². The molecule has 0 spiro atoms. The van der Waals surface area contributed by atoms with Gasteiger partial charge in [0, 0.05) is 41.1 Å². The molecule has 37 heavy (non-hydrogen) atoms. The molecule has 1 fully saturated rings. The molecular weight excluding hydrogens is 494 g/mol. The average Bonchev–Trinajstić information content (AvgIpc) is 3.70. The number of H-pyrrole nitrogens is 2. The number of aromatic amines is 2. The summed E-state index contributed by atoms with van der Waals surface area (Å²) in [5.41, 5.74) is 4.57. The van der Waals surface area contributed by atoms with Crippen molar-refractivity contribution in [2.24, 2.45) is 0 Å². The number of halogens is 2. The van der Waals surface area contributed by atoms with Gasteiger partial charge < -0.3 is 4.98 Å². The number of thiophene rings is 1. The van der Waals surface area contributed by atoms with Crippen molar-refractivity contribution in [1.29, 1.82) is 0 Å². The lowest BCUT2D eigenvalue weighted by Gasteiger charge is -2.14. The SMILES string of the molecule is Fc1ccc(-c2cncc3[nH]c(-c4n[nH]c5cnc(-c6cncc(CN7CCCC7)c6)c(F)c45)nc23)s1. The zero-order valence-corrected chi connectivity index (χ0v) is 20.3. The molecule has 1 saturated heterocycles. The fourth-order valence-corrected chi connectivity index (χ4v) is 5.68. The van der Waals surface area contributed by atoms with E-state index in [1.807, 2.05) is 12.3 Å². The number of aromatic nitrogens is 7. The van der Waals surface area contributed by atoms with Gasteiger partial charge in [-0.25, -0.2) is 9.37 Å². The number of nitrogens with one attached hydrogen (secondary N) is 2. The first-order valence-corrected chi connectivity index (χ1v) is 12.7. The minimum Gasteiger partial charge on any atom is -0.335 e. The zero-order valence-electron chi connectivity index (χ0n) is 19.5. The number of imidazole rings is 1. The van der Waals surface area contributed by atoms with Crippen LogP contribution in [0, 0.1) is 10.9 Å². The molecule has 0 aliphatic carbocycles. The lowest BCUT2D eigenvalue weighted by atomic mass is 10.1. The zero-order chi connectivity index (χ0) is 24.9. The van der Waals surface area contributed by atoms with Crippen LogP contribution in [0.1, 0.15) is 18.4 Å². The summed E-state index contributed by atoms with van der Waals surface area (Å²) < 4.78 is 29.7. The number of nitrogens with zero attached hydrogens (tertiary/aromatic N) is 6. The van der Waals surface area contributed by atoms with Crippen LogP contribution in [0.3, 0.4) is 0 Å². The Morgan fingerprint density at radius 3 is 2.65 bits per heavy atom. The molecule has 8 nitrogen and oxygen atoms in total. The van der Waals surface area contributed by atoms with E-state index in [0.29, 0.717) is 44.1 Å². The van der Waals surface area contributed by atoms with Crippen LogP contribution in [0.2, 0.25) is 0 Å². The largest absolute Gasteiger partial charge is 0.335 e. The smallest absolute Gasteiger partial charge is 0.176 e. The Morgan fingerprint density at radius 1 is 0.946 bits per heavy atom. The van der Waals surface area contributed by atoms with Crippen LogP contribution < -0.4 is 0 Å². The van der Waals surface area contributed by atoms with Gasteiger partial charge in [-0.15, -0.1) is 11.3 Å². The van der Waals surface area contributed by atoms with Crippen molar-refractivity contribution >= 4 is 33.3 Å². The molecule has 1 aliphatic rings. The van der Waals surface area contributed by atoms with Crippen LogP contribution >= 0.6 is 11.3 Å². The second-order valence-corrected chi connectivity index (χ2v) is 10.2. The Morgan fingerprint density at radius 2 is 1.81 bits per heavy atom. The van der Waals surface area contributed by atoms with Crippen molar-refractivity contribution in [2.75, 3.05) is 13.1 Å². The van der Waals surface area contributed by atoms with Crippen molar-refractivity contribution in [3.8, 4) is 33.2 Å². The molecule has 184 valence electrons. The molecule has 0 saturated carbocycles. The summed E-state index contributed by atoms with van der Waals surface area (Å²) in [5, 5.41) is 7.21. The minimum absolute atomic E-state index is 0.207. The molecule has 1 aliphatic heterocycles. The van der Waals surface area contributed by atoms with E-state index in [-0.39, 0.29) is 16.2 Å². The van der Waals surface area contributed by atoms with Crippen LogP contribution in [-0.2, 0) is 6.54 Å². The third-order valence-electron chi connectivity index (χ3n) is 6.67. The molecule has 11 heteroatoms. The molecule has 0 bridgehead atoms. The lowest BCUT2D eigenvalue weighted by Crippen LogP contribution is -2.18. The molecule has 0 atom stereocenters. The molecular formula is C26H20F2N8S. The maximum Gasteiger partial charge on any atom is 0.176 e. The molecule has 0 radical (unpaired) electrons. The summed E-state index contributed by atoms with van der Waals surface area (Å²) in [7, 11) is 0. The van der Waals surface area contributed by atoms with E-state index < -0.39 is 5.82 Å². The first-order chi connectivity index (χ1) is 18.1. The number of fused-ring (bicyclic) bond motifs is 2. The standard InChI is InChI=1S/C26H20F2N8S/c27-20-4-3-19(37-20)16-10-30-11-18-24(16)33-26(32-18)25-21-17(34-35-25)12-31-23(22(21)28)15-7-14(8-29-9-15)13-36-5-1-2-6-36/h3-4,7-12H,1-2,5-6,13H2,(H,32,33)(H,34,35). The Kier molecular flexibility index (Phi) is 5.26. The van der Waals surface area contributed by atoms with E-state index in [9.17, 15) is 4.39 Å². The van der Waals surface area contributed by atoms with Crippen LogP contribution in [0.15, 0.2) is 49.2 Å². The highest BCUT2D eigenvalue weighted by molar-refractivity contribution is 7.14. The summed E-state index contributed by atoms with van der Waals surface area (Å²) in [6.45, 7) is 2.92. The van der Waals surface area contributed by atoms with Crippen molar-refractivity contribution in [2.45, 2.75) is 19.4 Å². The second-order valence-electron chi connectivity index (χ2n) is 9.12. The molecule has 0 aromatic carbocycles. The predicted octanol–water partition coefficient (Wildman–Crippen LogP) is 5.56. The topological polar surface area (TPSA) is 99.3 Å². The van der Waals surface area contributed by atoms with Gasteiger partial charge in [0.1, 0.15) is 16.9 Å². The highest BCUT2D eigenvalue weighted by Crippen LogP contribution is 2.35. The van der Waals surface area contributed by atoms with Crippen molar-refractivity contribution < 1.29 is 8.78 Å². The van der Waals surface area contributed by atoms with Crippen LogP contribution in [0.5, 0.6) is 0 Å². The highest BCUT2D eigenvalue weighted by Gasteiger charge is 2.22. The summed E-state index contributed by atoms with van der Waals surface area (Å²) >= 11 is 1.02. The molecule has 2 N–H and O–H groups in total. The number of hydrogen-bond donors (Lipinski definition) is 2. The Bertz CT molecular complexity index is 1770. The summed E-state index contributed by atoms with van der Waals surface area (Å²) in [6, 6.07) is 5.05. The van der Waals surface area contributed by atoms with E-state index in [2.05, 4.69) is 35.0 Å². The van der Waals surface area contributed by atoms with Crippen LogP contribution in [0.4, 0.5) is 8.78 Å². The van der Waals surface area contributed by atoms with Crippen molar-refractivity contribution in [3.05, 3.63) is 65.7 Å². The monoisotopic (exact) mass is 514 g/mol. The van der Waals surface area contributed by atoms with Gasteiger partial charge in [-0.05, 0) is 49.7 Å². The van der Waals surface area contributed by atoms with Gasteiger partial charge >= 0.3 is 0 Å². The maximum absolute atomic E-state index is 16.0. The Hall–Kier alpha value is -4.09. The first-order valence-electron chi connectivity index (χ1n) is 11.9. The van der Waals surface area contributed by atoms with Crippen LogP contribution in [-0.4, -0.2) is 53.1 Å². The van der Waals surface area contributed by atoms with Gasteiger partial charge in [0.15, 0.2) is 16.8 Å². The molecule has 7 rings (SSSR count). The number of rotatable bonds is 5. The maximum atomic E-state index is 16.0. The number of pyridine rings is 3. The molecule has 0 amide bonds. The fourth-order valence-electron chi connectivity index (χ4n) is 4.93. The minimum atomic E-state index is -0.500. The number of hydrogen-bond acceptors (Lipinski definition) is 7. The van der Waals surface area contributed by atoms with Gasteiger partial charge in [-0.2, -0.15) is 9.49 Å². The second kappa shape index (κ2) is 8.79. The van der Waals surface area contributed by atoms with E-state index in [1.54, 1.807) is 30.9 Å². The van der Waals surface area contributed by atoms with E-state index in [1.165, 1.54) is 18.9 Å². The van der Waals surface area contributed by atoms with Gasteiger partial charge in [-0.1, -0.05) is 0 Å². The summed E-state index contributed by atoms with van der Waals surface area (Å²) in [6.07, 6.45) is 10.7. The summed E-state index contributed by atoms with van der Waals surface area (Å²) in [4.78, 5) is 24.0. The van der Waals surface area contributed by atoms with Gasteiger partial charge in [0.25, 0.3) is 0 Å².